The summed E-state index contributed by atoms with van der Waals surface area (Å²) < 4.78 is 38.3. The first-order valence-electron chi connectivity index (χ1n) is 5.11. The van der Waals surface area contributed by atoms with Gasteiger partial charge in [-0.05, 0) is 26.0 Å². The van der Waals surface area contributed by atoms with Crippen LogP contribution in [-0.2, 0) is 14.8 Å². The molecule has 0 fully saturated rings. The van der Waals surface area contributed by atoms with Gasteiger partial charge in [-0.1, -0.05) is 0 Å². The maximum Gasteiger partial charge on any atom is 0.318 e. The van der Waals surface area contributed by atoms with Crippen molar-refractivity contribution in [2.45, 2.75) is 24.9 Å². The Labute approximate surface area is 104 Å². The van der Waals surface area contributed by atoms with Crippen molar-refractivity contribution in [3.8, 4) is 0 Å². The first kappa shape index (κ1) is 14.5. The normalized spacial score (nSPS) is 12.1. The summed E-state index contributed by atoms with van der Waals surface area (Å²) in [6, 6.07) is 1.59. The summed E-state index contributed by atoms with van der Waals surface area (Å²) in [4.78, 5) is 14.1. The SMILES string of the molecule is CC(C)N(CC(=O)O)S(=O)(=O)c1ncccc1F. The van der Waals surface area contributed by atoms with Crippen molar-refractivity contribution in [2.24, 2.45) is 0 Å². The van der Waals surface area contributed by atoms with Crippen molar-refractivity contribution >= 4 is 16.0 Å². The summed E-state index contributed by atoms with van der Waals surface area (Å²) >= 11 is 0. The number of nitrogens with zero attached hydrogens (tertiary/aromatic N) is 2. The maximum atomic E-state index is 13.4. The number of hydrogen-bond acceptors (Lipinski definition) is 4. The zero-order valence-electron chi connectivity index (χ0n) is 9.87. The Kier molecular flexibility index (Phi) is 4.36. The van der Waals surface area contributed by atoms with Crippen molar-refractivity contribution in [3.63, 3.8) is 0 Å². The molecule has 1 rings (SSSR count). The molecular weight excluding hydrogens is 263 g/mol. The number of aromatic nitrogens is 1. The number of pyridine rings is 1. The number of carboxylic acid groups (broad SMARTS) is 1. The van der Waals surface area contributed by atoms with E-state index in [0.29, 0.717) is 4.31 Å². The Morgan fingerprint density at radius 1 is 1.56 bits per heavy atom. The van der Waals surface area contributed by atoms with Gasteiger partial charge < -0.3 is 5.11 Å². The number of rotatable bonds is 5. The molecular formula is C10H13FN2O4S. The molecule has 0 radical (unpaired) electrons. The Morgan fingerprint density at radius 3 is 2.61 bits per heavy atom. The standard InChI is InChI=1S/C10H13FN2O4S/c1-7(2)13(6-9(14)15)18(16,17)10-8(11)4-3-5-12-10/h3-5,7H,6H2,1-2H3,(H,14,15). The first-order valence-corrected chi connectivity index (χ1v) is 6.55. The minimum absolute atomic E-state index is 0.618. The van der Waals surface area contributed by atoms with Crippen LogP contribution in [0.5, 0.6) is 0 Å². The molecule has 0 bridgehead atoms. The monoisotopic (exact) mass is 276 g/mol. The summed E-state index contributed by atoms with van der Waals surface area (Å²) in [5.74, 6) is -2.32. The second-order valence-electron chi connectivity index (χ2n) is 3.83. The molecule has 1 aromatic rings. The highest BCUT2D eigenvalue weighted by Gasteiger charge is 2.32. The van der Waals surface area contributed by atoms with E-state index < -0.39 is 39.4 Å². The molecule has 1 aromatic heterocycles. The van der Waals surface area contributed by atoms with E-state index in [-0.39, 0.29) is 0 Å². The van der Waals surface area contributed by atoms with Gasteiger partial charge in [-0.15, -0.1) is 0 Å². The Balaban J connectivity index is 3.26. The molecule has 6 nitrogen and oxygen atoms in total. The number of hydrogen-bond donors (Lipinski definition) is 1. The molecule has 1 N–H and O–H groups in total. The molecule has 0 aliphatic carbocycles. The summed E-state index contributed by atoms with van der Waals surface area (Å²) in [5, 5.41) is 7.93. The van der Waals surface area contributed by atoms with E-state index >= 15 is 0 Å². The highest BCUT2D eigenvalue weighted by Crippen LogP contribution is 2.18. The van der Waals surface area contributed by atoms with Crippen LogP contribution in [0.4, 0.5) is 4.39 Å². The molecule has 18 heavy (non-hydrogen) atoms. The number of carbonyl (C=O) groups is 1. The third-order valence-corrected chi connectivity index (χ3v) is 4.10. The van der Waals surface area contributed by atoms with Crippen LogP contribution in [0.25, 0.3) is 0 Å². The lowest BCUT2D eigenvalue weighted by molar-refractivity contribution is -0.137. The van der Waals surface area contributed by atoms with E-state index in [1.807, 2.05) is 0 Å². The molecule has 0 aliphatic heterocycles. The first-order chi connectivity index (χ1) is 8.26. The van der Waals surface area contributed by atoms with Gasteiger partial charge >= 0.3 is 5.97 Å². The van der Waals surface area contributed by atoms with Crippen molar-refractivity contribution in [1.29, 1.82) is 0 Å². The summed E-state index contributed by atoms with van der Waals surface area (Å²) in [5.41, 5.74) is 0. The molecule has 0 atom stereocenters. The fraction of sp³-hybridized carbons (Fsp3) is 0.400. The van der Waals surface area contributed by atoms with E-state index in [1.54, 1.807) is 0 Å². The van der Waals surface area contributed by atoms with Crippen molar-refractivity contribution in [3.05, 3.63) is 24.1 Å². The molecule has 0 aliphatic rings. The topological polar surface area (TPSA) is 87.6 Å². The van der Waals surface area contributed by atoms with Crippen LogP contribution in [0.1, 0.15) is 13.8 Å². The van der Waals surface area contributed by atoms with E-state index in [1.165, 1.54) is 19.9 Å². The van der Waals surface area contributed by atoms with Crippen LogP contribution in [0.3, 0.4) is 0 Å². The lowest BCUT2D eigenvalue weighted by Crippen LogP contribution is -2.41. The Bertz CT molecular complexity index is 545. The van der Waals surface area contributed by atoms with E-state index in [9.17, 15) is 17.6 Å². The van der Waals surface area contributed by atoms with Crippen LogP contribution in [0.2, 0.25) is 0 Å². The smallest absolute Gasteiger partial charge is 0.318 e. The second kappa shape index (κ2) is 5.40. The van der Waals surface area contributed by atoms with Gasteiger partial charge in [0.25, 0.3) is 10.0 Å². The molecule has 8 heteroatoms. The number of sulfonamides is 1. The van der Waals surface area contributed by atoms with Crippen LogP contribution in [0, 0.1) is 5.82 Å². The van der Waals surface area contributed by atoms with Gasteiger partial charge in [0.15, 0.2) is 5.82 Å². The fourth-order valence-electron chi connectivity index (χ4n) is 1.35. The van der Waals surface area contributed by atoms with E-state index in [2.05, 4.69) is 4.98 Å². The highest BCUT2D eigenvalue weighted by atomic mass is 32.2. The number of carboxylic acids is 1. The highest BCUT2D eigenvalue weighted by molar-refractivity contribution is 7.89. The third-order valence-electron chi connectivity index (χ3n) is 2.14. The van der Waals surface area contributed by atoms with Crippen LogP contribution in [0.15, 0.2) is 23.4 Å². The lowest BCUT2D eigenvalue weighted by Gasteiger charge is -2.23. The van der Waals surface area contributed by atoms with Crippen LogP contribution in [-0.4, -0.2) is 41.4 Å². The molecule has 0 spiro atoms. The van der Waals surface area contributed by atoms with E-state index in [4.69, 9.17) is 5.11 Å². The fourth-order valence-corrected chi connectivity index (χ4v) is 2.92. The molecule has 0 saturated carbocycles. The average Bonchev–Trinajstić information content (AvgIpc) is 2.25. The van der Waals surface area contributed by atoms with E-state index in [0.717, 1.165) is 12.3 Å². The minimum atomic E-state index is -4.26. The summed E-state index contributed by atoms with van der Waals surface area (Å²) in [7, 11) is -4.26. The average molecular weight is 276 g/mol. The summed E-state index contributed by atoms with van der Waals surface area (Å²) in [6.07, 6.45) is 1.13. The zero-order chi connectivity index (χ0) is 13.9. The third kappa shape index (κ3) is 3.02. The summed E-state index contributed by atoms with van der Waals surface area (Å²) in [6.45, 7) is 2.26. The van der Waals surface area contributed by atoms with Gasteiger partial charge in [0.05, 0.1) is 0 Å². The van der Waals surface area contributed by atoms with Gasteiger partial charge in [-0.2, -0.15) is 4.31 Å². The molecule has 0 saturated heterocycles. The minimum Gasteiger partial charge on any atom is -0.480 e. The molecule has 0 aromatic carbocycles. The Hall–Kier alpha value is -1.54. The number of halogens is 1. The molecule has 0 unspecified atom stereocenters. The van der Waals surface area contributed by atoms with Gasteiger partial charge in [-0.25, -0.2) is 17.8 Å². The second-order valence-corrected chi connectivity index (χ2v) is 5.63. The predicted octanol–water partition coefficient (Wildman–Crippen LogP) is 0.704. The van der Waals surface area contributed by atoms with Gasteiger partial charge in [0, 0.05) is 12.2 Å². The van der Waals surface area contributed by atoms with Crippen LogP contribution < -0.4 is 0 Å². The van der Waals surface area contributed by atoms with Crippen molar-refractivity contribution < 1.29 is 22.7 Å². The van der Waals surface area contributed by atoms with Gasteiger partial charge in [0.1, 0.15) is 6.54 Å². The van der Waals surface area contributed by atoms with Crippen molar-refractivity contribution in [1.82, 2.24) is 9.29 Å². The van der Waals surface area contributed by atoms with Crippen molar-refractivity contribution in [2.75, 3.05) is 6.54 Å². The molecule has 1 heterocycles. The lowest BCUT2D eigenvalue weighted by atomic mass is 10.4. The molecule has 100 valence electrons. The molecule has 0 amide bonds. The maximum absolute atomic E-state index is 13.4. The number of aliphatic carboxylic acids is 1. The largest absolute Gasteiger partial charge is 0.480 e. The van der Waals surface area contributed by atoms with Crippen LogP contribution >= 0.6 is 0 Å². The zero-order valence-corrected chi connectivity index (χ0v) is 10.7. The predicted molar refractivity (Wildman–Crippen MR) is 60.9 cm³/mol. The van der Waals surface area contributed by atoms with Gasteiger partial charge in [0.2, 0.25) is 5.03 Å². The quantitative estimate of drug-likeness (QED) is 0.855. The Morgan fingerprint density at radius 2 is 2.17 bits per heavy atom. The van der Waals surface area contributed by atoms with Gasteiger partial charge in [-0.3, -0.25) is 4.79 Å².